The minimum atomic E-state index is 0.255. The molecule has 4 heteroatoms. The highest BCUT2D eigenvalue weighted by Gasteiger charge is 2.11. The zero-order chi connectivity index (χ0) is 11.4. The monoisotopic (exact) mass is 272 g/mol. The number of rotatable bonds is 5. The molecule has 0 N–H and O–H groups in total. The standard InChI is InChI=1S/C11H17BrN2O/c1-4-14-10(7-5-6-8(2)15)11(12)9(3)13-14/h4-7H2,1-3H3. The molecule has 3 nitrogen and oxygen atoms in total. The van der Waals surface area contributed by atoms with Crippen molar-refractivity contribution in [2.24, 2.45) is 0 Å². The summed E-state index contributed by atoms with van der Waals surface area (Å²) in [5.41, 5.74) is 2.23. The average molecular weight is 273 g/mol. The number of nitrogens with zero attached hydrogens (tertiary/aromatic N) is 2. The van der Waals surface area contributed by atoms with E-state index in [1.807, 2.05) is 11.6 Å². The van der Waals surface area contributed by atoms with Gasteiger partial charge in [0.1, 0.15) is 5.78 Å². The summed E-state index contributed by atoms with van der Waals surface area (Å²) >= 11 is 3.54. The van der Waals surface area contributed by atoms with E-state index in [0.29, 0.717) is 6.42 Å². The second kappa shape index (κ2) is 5.45. The Morgan fingerprint density at radius 1 is 1.53 bits per heavy atom. The molecule has 0 unspecified atom stereocenters. The molecule has 0 fully saturated rings. The average Bonchev–Trinajstić information content (AvgIpc) is 2.44. The molecule has 1 heterocycles. The van der Waals surface area contributed by atoms with Crippen LogP contribution in [-0.2, 0) is 17.8 Å². The molecule has 1 aromatic rings. The summed E-state index contributed by atoms with van der Waals surface area (Å²) in [5.74, 6) is 0.255. The molecule has 0 aliphatic rings. The molecule has 0 bridgehead atoms. The lowest BCUT2D eigenvalue weighted by Gasteiger charge is -2.04. The second-order valence-corrected chi connectivity index (χ2v) is 4.51. The SMILES string of the molecule is CCn1nc(C)c(Br)c1CCCC(C)=O. The number of halogens is 1. The van der Waals surface area contributed by atoms with Gasteiger partial charge in [0.15, 0.2) is 0 Å². The Bertz CT molecular complexity index is 358. The Morgan fingerprint density at radius 2 is 2.20 bits per heavy atom. The summed E-state index contributed by atoms with van der Waals surface area (Å²) in [7, 11) is 0. The maximum atomic E-state index is 10.8. The zero-order valence-corrected chi connectivity index (χ0v) is 11.1. The van der Waals surface area contributed by atoms with Gasteiger partial charge in [-0.2, -0.15) is 5.10 Å². The van der Waals surface area contributed by atoms with Crippen molar-refractivity contribution in [2.45, 2.75) is 46.6 Å². The Morgan fingerprint density at radius 3 is 2.73 bits per heavy atom. The highest BCUT2D eigenvalue weighted by Crippen LogP contribution is 2.22. The smallest absolute Gasteiger partial charge is 0.129 e. The third-order valence-corrected chi connectivity index (χ3v) is 3.43. The number of hydrogen-bond acceptors (Lipinski definition) is 2. The van der Waals surface area contributed by atoms with Crippen molar-refractivity contribution in [3.63, 3.8) is 0 Å². The molecule has 0 aliphatic heterocycles. The molecule has 0 aliphatic carbocycles. The molecule has 0 atom stereocenters. The fraction of sp³-hybridized carbons (Fsp3) is 0.636. The number of ketones is 1. The zero-order valence-electron chi connectivity index (χ0n) is 9.51. The van der Waals surface area contributed by atoms with Crippen LogP contribution in [0.2, 0.25) is 0 Å². The molecule has 0 aromatic carbocycles. The van der Waals surface area contributed by atoms with Gasteiger partial charge in [0.2, 0.25) is 0 Å². The molecule has 1 aromatic heterocycles. The molecular weight excluding hydrogens is 256 g/mol. The summed E-state index contributed by atoms with van der Waals surface area (Å²) < 4.78 is 3.09. The third-order valence-electron chi connectivity index (χ3n) is 2.40. The predicted octanol–water partition coefficient (Wildman–Crippen LogP) is 2.89. The number of carbonyl (C=O) groups excluding carboxylic acids is 1. The molecule has 0 spiro atoms. The minimum Gasteiger partial charge on any atom is -0.300 e. The van der Waals surface area contributed by atoms with E-state index in [1.54, 1.807) is 6.92 Å². The first-order chi connectivity index (χ1) is 7.06. The summed E-state index contributed by atoms with van der Waals surface area (Å²) in [4.78, 5) is 10.8. The van der Waals surface area contributed by atoms with Crippen molar-refractivity contribution in [1.29, 1.82) is 0 Å². The quantitative estimate of drug-likeness (QED) is 0.826. The summed E-state index contributed by atoms with van der Waals surface area (Å²) in [5, 5.41) is 4.41. The van der Waals surface area contributed by atoms with E-state index in [1.165, 1.54) is 5.69 Å². The predicted molar refractivity (Wildman–Crippen MR) is 64.0 cm³/mol. The van der Waals surface area contributed by atoms with Gasteiger partial charge in [-0.05, 0) is 49.5 Å². The van der Waals surface area contributed by atoms with Crippen molar-refractivity contribution in [1.82, 2.24) is 9.78 Å². The van der Waals surface area contributed by atoms with Gasteiger partial charge in [-0.25, -0.2) is 0 Å². The maximum Gasteiger partial charge on any atom is 0.129 e. The molecule has 84 valence electrons. The van der Waals surface area contributed by atoms with Crippen molar-refractivity contribution >= 4 is 21.7 Å². The van der Waals surface area contributed by atoms with Crippen LogP contribution in [0, 0.1) is 6.92 Å². The van der Waals surface area contributed by atoms with E-state index in [9.17, 15) is 4.79 Å². The molecule has 0 amide bonds. The Labute approximate surface area is 99.0 Å². The van der Waals surface area contributed by atoms with Crippen LogP contribution < -0.4 is 0 Å². The largest absolute Gasteiger partial charge is 0.300 e. The van der Waals surface area contributed by atoms with Gasteiger partial charge < -0.3 is 4.79 Å². The third kappa shape index (κ3) is 3.16. The molecule has 0 radical (unpaired) electrons. The van der Waals surface area contributed by atoms with E-state index < -0.39 is 0 Å². The number of aryl methyl sites for hydroxylation is 2. The molecule has 0 saturated carbocycles. The molecule has 0 saturated heterocycles. The van der Waals surface area contributed by atoms with Crippen LogP contribution in [0.1, 0.15) is 38.1 Å². The number of aromatic nitrogens is 2. The number of carbonyl (C=O) groups is 1. The molecule has 1 rings (SSSR count). The highest BCUT2D eigenvalue weighted by atomic mass is 79.9. The van der Waals surface area contributed by atoms with E-state index in [-0.39, 0.29) is 5.78 Å². The Hall–Kier alpha value is -0.640. The maximum absolute atomic E-state index is 10.8. The highest BCUT2D eigenvalue weighted by molar-refractivity contribution is 9.10. The fourth-order valence-electron chi connectivity index (χ4n) is 1.61. The van der Waals surface area contributed by atoms with Gasteiger partial charge in [0.25, 0.3) is 0 Å². The Kier molecular flexibility index (Phi) is 4.51. The first kappa shape index (κ1) is 12.4. The van der Waals surface area contributed by atoms with Crippen LogP contribution in [0.4, 0.5) is 0 Å². The van der Waals surface area contributed by atoms with Gasteiger partial charge in [-0.3, -0.25) is 4.68 Å². The summed E-state index contributed by atoms with van der Waals surface area (Å²) in [6.07, 6.45) is 2.47. The van der Waals surface area contributed by atoms with Gasteiger partial charge >= 0.3 is 0 Å². The van der Waals surface area contributed by atoms with Crippen LogP contribution in [0.25, 0.3) is 0 Å². The van der Waals surface area contributed by atoms with Crippen molar-refractivity contribution in [3.05, 3.63) is 15.9 Å². The van der Waals surface area contributed by atoms with Crippen LogP contribution in [0.3, 0.4) is 0 Å². The van der Waals surface area contributed by atoms with E-state index in [0.717, 1.165) is 29.6 Å². The van der Waals surface area contributed by atoms with Gasteiger partial charge in [-0.15, -0.1) is 0 Å². The first-order valence-corrected chi connectivity index (χ1v) is 6.06. The lowest BCUT2D eigenvalue weighted by atomic mass is 10.1. The summed E-state index contributed by atoms with van der Waals surface area (Å²) in [6.45, 7) is 6.58. The second-order valence-electron chi connectivity index (χ2n) is 3.72. The van der Waals surface area contributed by atoms with E-state index in [2.05, 4.69) is 28.0 Å². The van der Waals surface area contributed by atoms with Crippen molar-refractivity contribution < 1.29 is 4.79 Å². The normalized spacial score (nSPS) is 10.7. The van der Waals surface area contributed by atoms with E-state index in [4.69, 9.17) is 0 Å². The molecular formula is C11H17BrN2O. The van der Waals surface area contributed by atoms with Gasteiger partial charge in [0, 0.05) is 13.0 Å². The lowest BCUT2D eigenvalue weighted by molar-refractivity contribution is -0.117. The van der Waals surface area contributed by atoms with Crippen molar-refractivity contribution in [2.75, 3.05) is 0 Å². The minimum absolute atomic E-state index is 0.255. The first-order valence-electron chi connectivity index (χ1n) is 5.27. The van der Waals surface area contributed by atoms with Crippen LogP contribution in [0.15, 0.2) is 4.47 Å². The van der Waals surface area contributed by atoms with Crippen LogP contribution in [-0.4, -0.2) is 15.6 Å². The van der Waals surface area contributed by atoms with Gasteiger partial charge in [-0.1, -0.05) is 0 Å². The fourth-order valence-corrected chi connectivity index (χ4v) is 2.09. The molecule has 15 heavy (non-hydrogen) atoms. The van der Waals surface area contributed by atoms with E-state index >= 15 is 0 Å². The lowest BCUT2D eigenvalue weighted by Crippen LogP contribution is -2.04. The Balaban J connectivity index is 2.70. The van der Waals surface area contributed by atoms with Gasteiger partial charge in [0.05, 0.1) is 15.9 Å². The topological polar surface area (TPSA) is 34.9 Å². The van der Waals surface area contributed by atoms with Crippen LogP contribution >= 0.6 is 15.9 Å². The summed E-state index contributed by atoms with van der Waals surface area (Å²) in [6, 6.07) is 0. The number of hydrogen-bond donors (Lipinski definition) is 0. The van der Waals surface area contributed by atoms with Crippen LogP contribution in [0.5, 0.6) is 0 Å². The number of Topliss-reactive ketones (excluding diaryl/α,β-unsaturated/α-hetero) is 1. The van der Waals surface area contributed by atoms with Crippen molar-refractivity contribution in [3.8, 4) is 0 Å².